The molecule has 0 amide bonds. The van der Waals surface area contributed by atoms with Crippen LogP contribution in [0.2, 0.25) is 0 Å². The second-order valence-corrected chi connectivity index (χ2v) is 4.94. The van der Waals surface area contributed by atoms with Crippen LogP contribution in [-0.2, 0) is 11.3 Å². The highest BCUT2D eigenvalue weighted by Crippen LogP contribution is 2.19. The van der Waals surface area contributed by atoms with Gasteiger partial charge in [-0.1, -0.05) is 19.1 Å². The van der Waals surface area contributed by atoms with Crippen molar-refractivity contribution < 1.29 is 9.84 Å². The zero-order valence-electron chi connectivity index (χ0n) is 10.5. The molecule has 2 N–H and O–H groups in total. The smallest absolute Gasteiger partial charge is 0.0867 e. The molecular formula is C13H21NO2S. The first kappa shape index (κ1) is 14.5. The molecule has 1 aromatic rings. The predicted molar refractivity (Wildman–Crippen MR) is 72.4 cm³/mol. The molecule has 0 aliphatic carbocycles. The number of rotatable bonds is 8. The number of ether oxygens (including phenoxy) is 1. The first-order valence-corrected chi connectivity index (χ1v) is 6.84. The van der Waals surface area contributed by atoms with Crippen LogP contribution in [0.1, 0.15) is 12.5 Å². The Labute approximate surface area is 108 Å². The van der Waals surface area contributed by atoms with Gasteiger partial charge in [0.1, 0.15) is 0 Å². The van der Waals surface area contributed by atoms with Crippen LogP contribution in [-0.4, -0.2) is 37.2 Å². The van der Waals surface area contributed by atoms with Gasteiger partial charge in [0, 0.05) is 24.3 Å². The van der Waals surface area contributed by atoms with Gasteiger partial charge in [0.2, 0.25) is 0 Å². The minimum atomic E-state index is -0.397. The Morgan fingerprint density at radius 3 is 2.65 bits per heavy atom. The largest absolute Gasteiger partial charge is 0.390 e. The number of methoxy groups -OCH3 is 1. The van der Waals surface area contributed by atoms with Gasteiger partial charge in [0.15, 0.2) is 0 Å². The van der Waals surface area contributed by atoms with E-state index < -0.39 is 6.10 Å². The summed E-state index contributed by atoms with van der Waals surface area (Å²) in [6, 6.07) is 8.43. The summed E-state index contributed by atoms with van der Waals surface area (Å²) in [6.45, 7) is 4.39. The number of hydrogen-bond donors (Lipinski definition) is 2. The van der Waals surface area contributed by atoms with Gasteiger partial charge in [-0.05, 0) is 24.2 Å². The lowest BCUT2D eigenvalue weighted by Crippen LogP contribution is -2.16. The van der Waals surface area contributed by atoms with Gasteiger partial charge in [-0.15, -0.1) is 11.8 Å². The molecule has 3 nitrogen and oxygen atoms in total. The molecule has 0 radical (unpaired) electrons. The molecule has 0 aliphatic heterocycles. The van der Waals surface area contributed by atoms with E-state index in [2.05, 4.69) is 36.5 Å². The monoisotopic (exact) mass is 255 g/mol. The molecule has 0 bridgehead atoms. The third-order valence-corrected chi connectivity index (χ3v) is 3.46. The van der Waals surface area contributed by atoms with Gasteiger partial charge in [-0.25, -0.2) is 0 Å². The van der Waals surface area contributed by atoms with Crippen molar-refractivity contribution in [1.29, 1.82) is 0 Å². The predicted octanol–water partition coefficient (Wildman–Crippen LogP) is 1.90. The van der Waals surface area contributed by atoms with E-state index >= 15 is 0 Å². The SMILES string of the molecule is CCNCc1ccc(SCC(O)COC)cc1. The summed E-state index contributed by atoms with van der Waals surface area (Å²) in [5, 5.41) is 12.8. The Bertz CT molecular complexity index is 303. The van der Waals surface area contributed by atoms with Crippen LogP contribution in [0.3, 0.4) is 0 Å². The lowest BCUT2D eigenvalue weighted by molar-refractivity contribution is 0.0794. The van der Waals surface area contributed by atoms with Crippen molar-refractivity contribution >= 4 is 11.8 Å². The molecule has 0 fully saturated rings. The van der Waals surface area contributed by atoms with E-state index in [1.165, 1.54) is 10.5 Å². The van der Waals surface area contributed by atoms with Crippen LogP contribution in [0.4, 0.5) is 0 Å². The number of aliphatic hydroxyl groups is 1. The molecular weight excluding hydrogens is 234 g/mol. The maximum absolute atomic E-state index is 9.53. The average Bonchev–Trinajstić information content (AvgIpc) is 2.35. The average molecular weight is 255 g/mol. The first-order chi connectivity index (χ1) is 8.26. The number of benzene rings is 1. The molecule has 0 spiro atoms. The summed E-state index contributed by atoms with van der Waals surface area (Å²) in [6.07, 6.45) is -0.397. The second kappa shape index (κ2) is 8.53. The first-order valence-electron chi connectivity index (χ1n) is 5.85. The van der Waals surface area contributed by atoms with Crippen LogP contribution < -0.4 is 5.32 Å². The minimum absolute atomic E-state index is 0.394. The van der Waals surface area contributed by atoms with Gasteiger partial charge in [0.25, 0.3) is 0 Å². The van der Waals surface area contributed by atoms with Crippen molar-refractivity contribution in [3.63, 3.8) is 0 Å². The zero-order chi connectivity index (χ0) is 12.5. The van der Waals surface area contributed by atoms with Crippen LogP contribution in [0, 0.1) is 0 Å². The summed E-state index contributed by atoms with van der Waals surface area (Å²) in [7, 11) is 1.60. The lowest BCUT2D eigenvalue weighted by atomic mass is 10.2. The molecule has 1 atom stereocenters. The quantitative estimate of drug-likeness (QED) is 0.696. The topological polar surface area (TPSA) is 41.5 Å². The normalized spacial score (nSPS) is 12.6. The fourth-order valence-corrected chi connectivity index (χ4v) is 2.22. The summed E-state index contributed by atoms with van der Waals surface area (Å²) in [5.41, 5.74) is 1.29. The standard InChI is InChI=1S/C13H21NO2S/c1-3-14-8-11-4-6-13(7-5-11)17-10-12(15)9-16-2/h4-7,12,14-15H,3,8-10H2,1-2H3. The van der Waals surface area contributed by atoms with Crippen LogP contribution in [0.25, 0.3) is 0 Å². The molecule has 96 valence electrons. The van der Waals surface area contributed by atoms with E-state index in [1.807, 2.05) is 0 Å². The molecule has 0 aromatic heterocycles. The van der Waals surface area contributed by atoms with Crippen molar-refractivity contribution in [1.82, 2.24) is 5.32 Å². The van der Waals surface area contributed by atoms with Crippen molar-refractivity contribution in [3.05, 3.63) is 29.8 Å². The van der Waals surface area contributed by atoms with Crippen LogP contribution >= 0.6 is 11.8 Å². The second-order valence-electron chi connectivity index (χ2n) is 3.84. The highest BCUT2D eigenvalue weighted by Gasteiger charge is 2.04. The Morgan fingerprint density at radius 2 is 2.06 bits per heavy atom. The van der Waals surface area contributed by atoms with Gasteiger partial charge in [-0.2, -0.15) is 0 Å². The molecule has 17 heavy (non-hydrogen) atoms. The molecule has 0 saturated heterocycles. The Balaban J connectivity index is 2.34. The summed E-state index contributed by atoms with van der Waals surface area (Å²) in [5.74, 6) is 0.667. The zero-order valence-corrected chi connectivity index (χ0v) is 11.3. The van der Waals surface area contributed by atoms with Gasteiger partial charge < -0.3 is 15.2 Å². The maximum Gasteiger partial charge on any atom is 0.0867 e. The summed E-state index contributed by atoms with van der Waals surface area (Å²) >= 11 is 1.65. The lowest BCUT2D eigenvalue weighted by Gasteiger charge is -2.09. The third kappa shape index (κ3) is 6.07. The number of thioether (sulfide) groups is 1. The van der Waals surface area contributed by atoms with E-state index in [1.54, 1.807) is 18.9 Å². The van der Waals surface area contributed by atoms with Crippen LogP contribution in [0.15, 0.2) is 29.2 Å². The highest BCUT2D eigenvalue weighted by atomic mass is 32.2. The van der Waals surface area contributed by atoms with E-state index in [-0.39, 0.29) is 0 Å². The minimum Gasteiger partial charge on any atom is -0.390 e. The molecule has 0 saturated carbocycles. The van der Waals surface area contributed by atoms with Gasteiger partial charge in [0.05, 0.1) is 12.7 Å². The molecule has 4 heteroatoms. The van der Waals surface area contributed by atoms with Crippen molar-refractivity contribution in [2.24, 2.45) is 0 Å². The molecule has 0 heterocycles. The van der Waals surface area contributed by atoms with E-state index in [0.717, 1.165) is 13.1 Å². The van der Waals surface area contributed by atoms with Crippen molar-refractivity contribution in [2.75, 3.05) is 26.0 Å². The van der Waals surface area contributed by atoms with Crippen molar-refractivity contribution in [3.8, 4) is 0 Å². The van der Waals surface area contributed by atoms with Crippen molar-refractivity contribution in [2.45, 2.75) is 24.5 Å². The summed E-state index contributed by atoms with van der Waals surface area (Å²) in [4.78, 5) is 1.18. The fourth-order valence-electron chi connectivity index (χ4n) is 1.41. The summed E-state index contributed by atoms with van der Waals surface area (Å²) < 4.78 is 4.88. The maximum atomic E-state index is 9.53. The van der Waals surface area contributed by atoms with E-state index in [4.69, 9.17) is 4.74 Å². The number of aliphatic hydroxyl groups excluding tert-OH is 1. The van der Waals surface area contributed by atoms with Gasteiger partial charge >= 0.3 is 0 Å². The number of hydrogen-bond acceptors (Lipinski definition) is 4. The van der Waals surface area contributed by atoms with E-state index in [9.17, 15) is 5.11 Å². The van der Waals surface area contributed by atoms with E-state index in [0.29, 0.717) is 12.4 Å². The molecule has 1 aromatic carbocycles. The Morgan fingerprint density at radius 1 is 1.35 bits per heavy atom. The third-order valence-electron chi connectivity index (χ3n) is 2.30. The van der Waals surface area contributed by atoms with Gasteiger partial charge in [-0.3, -0.25) is 0 Å². The highest BCUT2D eigenvalue weighted by molar-refractivity contribution is 7.99. The molecule has 1 rings (SSSR count). The number of nitrogens with one attached hydrogen (secondary N) is 1. The Hall–Kier alpha value is -0.550. The Kier molecular flexibility index (Phi) is 7.28. The fraction of sp³-hybridized carbons (Fsp3) is 0.538. The molecule has 0 aliphatic rings. The van der Waals surface area contributed by atoms with Crippen LogP contribution in [0.5, 0.6) is 0 Å². The molecule has 1 unspecified atom stereocenters.